The number of aromatic nitrogens is 3. The van der Waals surface area contributed by atoms with Gasteiger partial charge in [-0.15, -0.1) is 0 Å². The normalized spacial score (nSPS) is 15.5. The molecule has 0 aliphatic carbocycles. The first-order chi connectivity index (χ1) is 16.0. The fraction of sp³-hybridized carbons (Fsp3) is 0.240. The molecular formula is C25H24FN5O2. The maximum atomic E-state index is 13.9. The van der Waals surface area contributed by atoms with Gasteiger partial charge in [0.05, 0.1) is 11.0 Å². The zero-order chi connectivity index (χ0) is 23.1. The zero-order valence-corrected chi connectivity index (χ0v) is 18.4. The molecule has 3 aromatic heterocycles. The van der Waals surface area contributed by atoms with Crippen molar-refractivity contribution in [3.63, 3.8) is 0 Å². The number of pyridine rings is 1. The maximum absolute atomic E-state index is 13.9. The average molecular weight is 445 g/mol. The Kier molecular flexibility index (Phi) is 5.30. The van der Waals surface area contributed by atoms with Gasteiger partial charge in [-0.05, 0) is 54.3 Å². The summed E-state index contributed by atoms with van der Waals surface area (Å²) in [5.41, 5.74) is 4.78. The van der Waals surface area contributed by atoms with Gasteiger partial charge in [-0.3, -0.25) is 19.5 Å². The second kappa shape index (κ2) is 8.29. The van der Waals surface area contributed by atoms with Crippen LogP contribution in [0.2, 0.25) is 0 Å². The number of nitrogens with one attached hydrogen (secondary N) is 2. The zero-order valence-electron chi connectivity index (χ0n) is 18.4. The highest BCUT2D eigenvalue weighted by Crippen LogP contribution is 2.29. The lowest BCUT2D eigenvalue weighted by Crippen LogP contribution is -2.31. The summed E-state index contributed by atoms with van der Waals surface area (Å²) in [6.45, 7) is 3.80. The number of hydrogen-bond donors (Lipinski definition) is 2. The van der Waals surface area contributed by atoms with E-state index in [9.17, 15) is 14.0 Å². The molecule has 0 bridgehead atoms. The van der Waals surface area contributed by atoms with Gasteiger partial charge in [0, 0.05) is 38.6 Å². The van der Waals surface area contributed by atoms with E-state index in [1.807, 2.05) is 24.3 Å². The van der Waals surface area contributed by atoms with Crippen LogP contribution in [0.15, 0.2) is 59.7 Å². The van der Waals surface area contributed by atoms with Crippen LogP contribution in [0.4, 0.5) is 4.39 Å². The van der Waals surface area contributed by atoms with E-state index in [4.69, 9.17) is 0 Å². The Balaban J connectivity index is 1.36. The summed E-state index contributed by atoms with van der Waals surface area (Å²) >= 11 is 0. The largest absolute Gasteiger partial charge is 0.354 e. The Hall–Kier alpha value is -3.78. The molecule has 1 aromatic carbocycles. The summed E-state index contributed by atoms with van der Waals surface area (Å²) < 4.78 is 15.5. The van der Waals surface area contributed by atoms with Crippen LogP contribution in [0, 0.1) is 5.82 Å². The van der Waals surface area contributed by atoms with Crippen molar-refractivity contribution in [2.75, 3.05) is 20.1 Å². The number of nitrogens with zero attached hydrogens (tertiary/aromatic N) is 3. The molecule has 0 fully saturated rings. The fourth-order valence-corrected chi connectivity index (χ4v) is 4.49. The molecule has 1 atom stereocenters. The first-order valence-corrected chi connectivity index (χ1v) is 10.9. The molecule has 4 aromatic rings. The monoisotopic (exact) mass is 445 g/mol. The number of hydrogen-bond acceptors (Lipinski definition) is 4. The van der Waals surface area contributed by atoms with Crippen molar-refractivity contribution in [1.82, 2.24) is 24.6 Å². The minimum Gasteiger partial charge on any atom is -0.354 e. The summed E-state index contributed by atoms with van der Waals surface area (Å²) in [6.07, 6.45) is 6.41. The lowest BCUT2D eigenvalue weighted by molar-refractivity contribution is 0.0958. The SMILES string of the molecule is CNC(=O)c1ccc(C2=CCN(C(C)c3ccc4c(c3)[nH]c(=O)c3c(F)ccn34)CC2)cn1. The molecule has 1 amide bonds. The molecule has 0 saturated carbocycles. The van der Waals surface area contributed by atoms with Crippen LogP contribution < -0.4 is 10.9 Å². The van der Waals surface area contributed by atoms with Gasteiger partial charge in [0.25, 0.3) is 11.5 Å². The number of halogens is 1. The van der Waals surface area contributed by atoms with Crippen molar-refractivity contribution in [2.45, 2.75) is 19.4 Å². The first-order valence-electron chi connectivity index (χ1n) is 10.9. The third kappa shape index (κ3) is 3.72. The first kappa shape index (κ1) is 21.1. The molecule has 7 nitrogen and oxygen atoms in total. The van der Waals surface area contributed by atoms with Crippen molar-refractivity contribution in [3.8, 4) is 0 Å². The van der Waals surface area contributed by atoms with Crippen LogP contribution in [0.25, 0.3) is 22.1 Å². The molecule has 4 heterocycles. The van der Waals surface area contributed by atoms with Crippen LogP contribution in [0.3, 0.4) is 0 Å². The van der Waals surface area contributed by atoms with E-state index in [-0.39, 0.29) is 17.5 Å². The van der Waals surface area contributed by atoms with Crippen LogP contribution in [0.1, 0.15) is 41.0 Å². The summed E-state index contributed by atoms with van der Waals surface area (Å²) in [5.74, 6) is -0.719. The molecule has 0 spiro atoms. The van der Waals surface area contributed by atoms with E-state index in [0.717, 1.165) is 36.2 Å². The average Bonchev–Trinajstić information content (AvgIpc) is 3.25. The molecule has 1 aliphatic heterocycles. The van der Waals surface area contributed by atoms with E-state index >= 15 is 0 Å². The van der Waals surface area contributed by atoms with Crippen molar-refractivity contribution in [1.29, 1.82) is 0 Å². The number of amides is 1. The van der Waals surface area contributed by atoms with Crippen molar-refractivity contribution < 1.29 is 9.18 Å². The fourth-order valence-electron chi connectivity index (χ4n) is 4.49. The Labute approximate surface area is 189 Å². The van der Waals surface area contributed by atoms with Gasteiger partial charge in [0.15, 0.2) is 5.82 Å². The molecule has 168 valence electrons. The predicted molar refractivity (Wildman–Crippen MR) is 126 cm³/mol. The third-order valence-corrected chi connectivity index (χ3v) is 6.45. The molecule has 8 heteroatoms. The van der Waals surface area contributed by atoms with Gasteiger partial charge in [-0.2, -0.15) is 0 Å². The number of carbonyl (C=O) groups is 1. The summed E-state index contributed by atoms with van der Waals surface area (Å²) in [7, 11) is 1.59. The van der Waals surface area contributed by atoms with E-state index in [2.05, 4.69) is 33.2 Å². The lowest BCUT2D eigenvalue weighted by atomic mass is 9.98. The van der Waals surface area contributed by atoms with E-state index in [1.54, 1.807) is 29.9 Å². The van der Waals surface area contributed by atoms with Crippen LogP contribution in [-0.4, -0.2) is 45.3 Å². The number of carbonyl (C=O) groups excluding carboxylic acids is 1. The summed E-state index contributed by atoms with van der Waals surface area (Å²) in [4.78, 5) is 33.5. The number of benzene rings is 1. The van der Waals surface area contributed by atoms with Crippen LogP contribution in [0.5, 0.6) is 0 Å². The van der Waals surface area contributed by atoms with Crippen LogP contribution >= 0.6 is 0 Å². The molecule has 1 unspecified atom stereocenters. The van der Waals surface area contributed by atoms with Gasteiger partial charge in [-0.25, -0.2) is 4.39 Å². The Bertz CT molecular complexity index is 1450. The molecule has 0 radical (unpaired) electrons. The molecule has 0 saturated heterocycles. The number of fused-ring (bicyclic) bond motifs is 3. The molecule has 33 heavy (non-hydrogen) atoms. The second-order valence-corrected chi connectivity index (χ2v) is 8.27. The minimum atomic E-state index is -0.523. The number of H-pyrrole nitrogens is 1. The number of rotatable bonds is 4. The van der Waals surface area contributed by atoms with E-state index in [1.165, 1.54) is 11.6 Å². The highest BCUT2D eigenvalue weighted by Gasteiger charge is 2.20. The summed E-state index contributed by atoms with van der Waals surface area (Å²) in [5, 5.41) is 2.58. The van der Waals surface area contributed by atoms with Crippen molar-refractivity contribution in [2.24, 2.45) is 0 Å². The van der Waals surface area contributed by atoms with Gasteiger partial charge in [0.1, 0.15) is 11.2 Å². The highest BCUT2D eigenvalue weighted by atomic mass is 19.1. The van der Waals surface area contributed by atoms with Gasteiger partial charge in [0.2, 0.25) is 0 Å². The minimum absolute atomic E-state index is 0.0369. The highest BCUT2D eigenvalue weighted by molar-refractivity contribution is 5.92. The van der Waals surface area contributed by atoms with E-state index in [0.29, 0.717) is 11.2 Å². The van der Waals surface area contributed by atoms with Crippen molar-refractivity contribution >= 4 is 28.0 Å². The third-order valence-electron chi connectivity index (χ3n) is 6.45. The van der Waals surface area contributed by atoms with Crippen LogP contribution in [-0.2, 0) is 0 Å². The van der Waals surface area contributed by atoms with Gasteiger partial charge >= 0.3 is 0 Å². The molecule has 5 rings (SSSR count). The molecule has 2 N–H and O–H groups in total. The molecule has 1 aliphatic rings. The Morgan fingerprint density at radius 1 is 1.24 bits per heavy atom. The molecular weight excluding hydrogens is 421 g/mol. The maximum Gasteiger partial charge on any atom is 0.275 e. The Morgan fingerprint density at radius 3 is 2.79 bits per heavy atom. The second-order valence-electron chi connectivity index (χ2n) is 8.27. The van der Waals surface area contributed by atoms with E-state index < -0.39 is 11.4 Å². The summed E-state index contributed by atoms with van der Waals surface area (Å²) in [6, 6.07) is 11.1. The smallest absolute Gasteiger partial charge is 0.275 e. The lowest BCUT2D eigenvalue weighted by Gasteiger charge is -2.32. The topological polar surface area (TPSA) is 82.5 Å². The van der Waals surface area contributed by atoms with Gasteiger partial charge < -0.3 is 14.7 Å². The Morgan fingerprint density at radius 2 is 2.09 bits per heavy atom. The van der Waals surface area contributed by atoms with Gasteiger partial charge in [-0.1, -0.05) is 18.2 Å². The quantitative estimate of drug-likeness (QED) is 0.504. The number of aromatic amines is 1. The predicted octanol–water partition coefficient (Wildman–Crippen LogP) is 3.52. The van der Waals surface area contributed by atoms with Crippen molar-refractivity contribution in [3.05, 3.63) is 87.9 Å². The standard InChI is InChI=1S/C25H24FN5O2/c1-15(17-4-6-22-21(13-17)29-25(33)23-19(26)9-12-31(22)23)30-10-7-16(8-11-30)18-3-5-20(28-14-18)24(32)27-2/h3-7,9,12-15H,8,10-11H2,1-2H3,(H,27,32)(H,29,33).